The van der Waals surface area contributed by atoms with Crippen LogP contribution in [0.15, 0.2) is 35.5 Å². The fourth-order valence-corrected chi connectivity index (χ4v) is 2.14. The molecule has 0 fully saturated rings. The average molecular weight is 528 g/mol. The first-order valence-electron chi connectivity index (χ1n) is 10.3. The Morgan fingerprint density at radius 2 is 0.710 bits per heavy atom. The molecular formula is C24H42O6Ru. The minimum absolute atomic E-state index is 0. The van der Waals surface area contributed by atoms with E-state index in [1.54, 1.807) is 0 Å². The zero-order valence-electron chi connectivity index (χ0n) is 20.5. The Morgan fingerprint density at radius 1 is 0.548 bits per heavy atom. The molecule has 0 saturated carbocycles. The van der Waals surface area contributed by atoms with Crippen molar-refractivity contribution in [2.45, 2.75) is 81.6 Å². The number of ketones is 3. The third kappa shape index (κ3) is 39.3. The SMILES string of the molecule is CC(=O)/C=C(\O)CC(C)C.CC(=O)/C=C(\O)CC(C)C.CC(=O)/C=C(\O)CC(C)C.[Ru]. The van der Waals surface area contributed by atoms with Crippen LogP contribution in [0.1, 0.15) is 81.6 Å². The average Bonchev–Trinajstić information content (AvgIpc) is 2.42. The molecule has 0 aliphatic carbocycles. The first-order valence-corrected chi connectivity index (χ1v) is 10.3. The zero-order valence-corrected chi connectivity index (χ0v) is 22.2. The van der Waals surface area contributed by atoms with Crippen molar-refractivity contribution in [3.8, 4) is 0 Å². The standard InChI is InChI=1S/3C8H14O2.Ru/c3*1-6(2)4-8(10)5-7(3)9;/h3*5-6,10H,4H2,1-3H3;/b3*8-5-;. The molecule has 0 aromatic heterocycles. The Morgan fingerprint density at radius 3 is 0.806 bits per heavy atom. The molecule has 0 bridgehead atoms. The molecule has 0 aliphatic heterocycles. The van der Waals surface area contributed by atoms with Gasteiger partial charge in [0.15, 0.2) is 17.3 Å². The number of hydrogen-bond acceptors (Lipinski definition) is 6. The van der Waals surface area contributed by atoms with Crippen LogP contribution >= 0.6 is 0 Å². The van der Waals surface area contributed by atoms with E-state index in [0.717, 1.165) is 0 Å². The Labute approximate surface area is 201 Å². The van der Waals surface area contributed by atoms with Crippen molar-refractivity contribution in [1.82, 2.24) is 0 Å². The molecule has 7 heteroatoms. The summed E-state index contributed by atoms with van der Waals surface area (Å²) in [5, 5.41) is 27.1. The smallest absolute Gasteiger partial charge is 0.155 e. The van der Waals surface area contributed by atoms with Crippen molar-refractivity contribution >= 4 is 17.3 Å². The summed E-state index contributed by atoms with van der Waals surface area (Å²) in [7, 11) is 0. The maximum atomic E-state index is 10.4. The summed E-state index contributed by atoms with van der Waals surface area (Å²) in [4.78, 5) is 31.2. The number of rotatable bonds is 9. The van der Waals surface area contributed by atoms with Crippen molar-refractivity contribution in [1.29, 1.82) is 0 Å². The van der Waals surface area contributed by atoms with E-state index in [4.69, 9.17) is 15.3 Å². The van der Waals surface area contributed by atoms with Crippen LogP contribution in [0.2, 0.25) is 0 Å². The molecule has 0 heterocycles. The van der Waals surface area contributed by atoms with E-state index in [1.807, 2.05) is 41.5 Å². The van der Waals surface area contributed by atoms with Crippen LogP contribution in [0.4, 0.5) is 0 Å². The molecule has 6 nitrogen and oxygen atoms in total. The Kier molecular flexibility index (Phi) is 25.4. The minimum atomic E-state index is -0.0989. The summed E-state index contributed by atoms with van der Waals surface area (Å²) in [5.41, 5.74) is 0. The molecular weight excluding hydrogens is 485 g/mol. The second-order valence-electron chi connectivity index (χ2n) is 8.53. The molecule has 0 unspecified atom stereocenters. The summed E-state index contributed by atoms with van der Waals surface area (Å²) in [5.74, 6) is 1.45. The van der Waals surface area contributed by atoms with Gasteiger partial charge >= 0.3 is 0 Å². The van der Waals surface area contributed by atoms with E-state index in [0.29, 0.717) is 37.0 Å². The van der Waals surface area contributed by atoms with Gasteiger partial charge in [-0.05, 0) is 38.5 Å². The van der Waals surface area contributed by atoms with E-state index in [-0.39, 0.29) is 54.1 Å². The van der Waals surface area contributed by atoms with Crippen LogP contribution < -0.4 is 0 Å². The largest absolute Gasteiger partial charge is 0.512 e. The van der Waals surface area contributed by atoms with Gasteiger partial charge in [0.25, 0.3) is 0 Å². The second kappa shape index (κ2) is 21.5. The zero-order chi connectivity index (χ0) is 24.4. The molecule has 0 atom stereocenters. The number of carbonyl (C=O) groups is 3. The quantitative estimate of drug-likeness (QED) is 0.187. The third-order valence-corrected chi connectivity index (χ3v) is 2.96. The van der Waals surface area contributed by atoms with Crippen molar-refractivity contribution < 1.29 is 49.2 Å². The number of aliphatic hydroxyl groups excluding tert-OH is 3. The Bertz CT molecular complexity index is 528. The molecule has 0 amide bonds. The van der Waals surface area contributed by atoms with Crippen LogP contribution in [0.3, 0.4) is 0 Å². The maximum Gasteiger partial charge on any atom is 0.155 e. The summed E-state index contributed by atoms with van der Waals surface area (Å²) in [6.07, 6.45) is 5.54. The van der Waals surface area contributed by atoms with Crippen LogP contribution in [0.5, 0.6) is 0 Å². The van der Waals surface area contributed by atoms with Crippen LogP contribution in [-0.4, -0.2) is 32.7 Å². The molecule has 0 aromatic rings. The van der Waals surface area contributed by atoms with Gasteiger partial charge in [-0.25, -0.2) is 0 Å². The molecule has 0 saturated heterocycles. The first-order chi connectivity index (χ1) is 13.6. The van der Waals surface area contributed by atoms with Crippen molar-refractivity contribution in [2.75, 3.05) is 0 Å². The monoisotopic (exact) mass is 528 g/mol. The summed E-state index contributed by atoms with van der Waals surface area (Å²) >= 11 is 0. The fourth-order valence-electron chi connectivity index (χ4n) is 2.14. The van der Waals surface area contributed by atoms with Gasteiger partial charge in [0.2, 0.25) is 0 Å². The number of carbonyl (C=O) groups excluding carboxylic acids is 3. The molecule has 0 aliphatic rings. The second-order valence-corrected chi connectivity index (χ2v) is 8.53. The molecule has 182 valence electrons. The topological polar surface area (TPSA) is 112 Å². The Hall–Kier alpha value is -1.75. The maximum absolute atomic E-state index is 10.4. The van der Waals surface area contributed by atoms with E-state index in [1.165, 1.54) is 39.0 Å². The summed E-state index contributed by atoms with van der Waals surface area (Å²) in [6, 6.07) is 0. The van der Waals surface area contributed by atoms with E-state index in [2.05, 4.69) is 0 Å². The van der Waals surface area contributed by atoms with Crippen molar-refractivity contribution in [2.24, 2.45) is 17.8 Å². The predicted octanol–water partition coefficient (Wildman–Crippen LogP) is 6.19. The van der Waals surface area contributed by atoms with Crippen LogP contribution in [0, 0.1) is 17.8 Å². The van der Waals surface area contributed by atoms with E-state index in [9.17, 15) is 14.4 Å². The summed E-state index contributed by atoms with van der Waals surface area (Å²) < 4.78 is 0. The van der Waals surface area contributed by atoms with Gasteiger partial charge in [0.05, 0.1) is 17.3 Å². The van der Waals surface area contributed by atoms with Gasteiger partial charge < -0.3 is 15.3 Å². The van der Waals surface area contributed by atoms with Gasteiger partial charge in [0, 0.05) is 57.0 Å². The van der Waals surface area contributed by atoms with Crippen LogP contribution in [0.25, 0.3) is 0 Å². The number of hydrogen-bond donors (Lipinski definition) is 3. The Balaban J connectivity index is -0.000000174. The van der Waals surface area contributed by atoms with Gasteiger partial charge in [0.1, 0.15) is 0 Å². The number of allylic oxidation sites excluding steroid dienone is 6. The van der Waals surface area contributed by atoms with Crippen molar-refractivity contribution in [3.63, 3.8) is 0 Å². The first kappa shape index (κ1) is 36.6. The van der Waals surface area contributed by atoms with E-state index >= 15 is 0 Å². The van der Waals surface area contributed by atoms with Gasteiger partial charge in [-0.15, -0.1) is 0 Å². The minimum Gasteiger partial charge on any atom is -0.512 e. The van der Waals surface area contributed by atoms with E-state index < -0.39 is 0 Å². The molecule has 0 spiro atoms. The number of aliphatic hydroxyl groups is 3. The van der Waals surface area contributed by atoms with Crippen LogP contribution in [-0.2, 0) is 33.9 Å². The molecule has 0 rings (SSSR count). The van der Waals surface area contributed by atoms with Gasteiger partial charge in [-0.3, -0.25) is 14.4 Å². The normalized spacial score (nSPS) is 11.8. The predicted molar refractivity (Wildman–Crippen MR) is 123 cm³/mol. The molecule has 0 radical (unpaired) electrons. The summed E-state index contributed by atoms with van der Waals surface area (Å²) in [6.45, 7) is 16.2. The fraction of sp³-hybridized carbons (Fsp3) is 0.625. The van der Waals surface area contributed by atoms with Crippen molar-refractivity contribution in [3.05, 3.63) is 35.5 Å². The van der Waals surface area contributed by atoms with Gasteiger partial charge in [-0.1, -0.05) is 41.5 Å². The molecule has 31 heavy (non-hydrogen) atoms. The molecule has 0 aromatic carbocycles. The molecule has 3 N–H and O–H groups in total. The third-order valence-electron chi connectivity index (χ3n) is 2.96. The van der Waals surface area contributed by atoms with Gasteiger partial charge in [-0.2, -0.15) is 0 Å².